The standard InChI is InChI=1S/C21H24FNO5S/c1-3-16-4-6-17(7-5-16)15(2)23-20(24)14-28-21(25)12-13-29(26,27)19-10-8-18(22)9-11-19/h4-11,15H,3,12-14H2,1-2H3,(H,23,24)/t15-/m0/s1. The van der Waals surface area contributed by atoms with Crippen LogP contribution in [-0.4, -0.2) is 32.7 Å². The number of carbonyl (C=O) groups is 2. The zero-order valence-electron chi connectivity index (χ0n) is 16.4. The van der Waals surface area contributed by atoms with Crippen molar-refractivity contribution in [3.05, 3.63) is 65.5 Å². The van der Waals surface area contributed by atoms with Crippen molar-refractivity contribution in [1.82, 2.24) is 5.32 Å². The second-order valence-electron chi connectivity index (χ2n) is 6.57. The number of hydrogen-bond donors (Lipinski definition) is 1. The molecule has 1 atom stereocenters. The summed E-state index contributed by atoms with van der Waals surface area (Å²) in [5.74, 6) is -2.32. The number of nitrogens with one attached hydrogen (secondary N) is 1. The van der Waals surface area contributed by atoms with Gasteiger partial charge < -0.3 is 10.1 Å². The Hall–Kier alpha value is -2.74. The summed E-state index contributed by atoms with van der Waals surface area (Å²) >= 11 is 0. The molecular weight excluding hydrogens is 397 g/mol. The molecule has 29 heavy (non-hydrogen) atoms. The predicted molar refractivity (Wildman–Crippen MR) is 106 cm³/mol. The fourth-order valence-electron chi connectivity index (χ4n) is 2.60. The fraction of sp³-hybridized carbons (Fsp3) is 0.333. The highest BCUT2D eigenvalue weighted by Crippen LogP contribution is 2.14. The van der Waals surface area contributed by atoms with Crippen molar-refractivity contribution in [1.29, 1.82) is 0 Å². The fourth-order valence-corrected chi connectivity index (χ4v) is 3.83. The molecule has 2 aromatic rings. The summed E-state index contributed by atoms with van der Waals surface area (Å²) in [7, 11) is -3.74. The normalized spacial score (nSPS) is 12.2. The number of carbonyl (C=O) groups excluding carboxylic acids is 2. The molecule has 2 rings (SSSR count). The molecule has 1 N–H and O–H groups in total. The van der Waals surface area contributed by atoms with Crippen LogP contribution in [0.5, 0.6) is 0 Å². The van der Waals surface area contributed by atoms with Gasteiger partial charge in [0.2, 0.25) is 0 Å². The summed E-state index contributed by atoms with van der Waals surface area (Å²) in [6, 6.07) is 11.9. The Labute approximate surface area is 170 Å². The van der Waals surface area contributed by atoms with E-state index >= 15 is 0 Å². The van der Waals surface area contributed by atoms with E-state index < -0.39 is 46.3 Å². The maximum absolute atomic E-state index is 12.9. The van der Waals surface area contributed by atoms with Crippen LogP contribution in [0.25, 0.3) is 0 Å². The van der Waals surface area contributed by atoms with Crippen molar-refractivity contribution >= 4 is 21.7 Å². The van der Waals surface area contributed by atoms with Gasteiger partial charge in [-0.3, -0.25) is 9.59 Å². The quantitative estimate of drug-likeness (QED) is 0.497. The molecule has 0 saturated heterocycles. The van der Waals surface area contributed by atoms with Crippen LogP contribution in [0.1, 0.15) is 37.4 Å². The lowest BCUT2D eigenvalue weighted by atomic mass is 10.1. The van der Waals surface area contributed by atoms with Crippen molar-refractivity contribution in [2.75, 3.05) is 12.4 Å². The molecule has 0 aliphatic heterocycles. The van der Waals surface area contributed by atoms with E-state index in [1.54, 1.807) is 0 Å². The van der Waals surface area contributed by atoms with E-state index in [4.69, 9.17) is 4.74 Å². The summed E-state index contributed by atoms with van der Waals surface area (Å²) in [5.41, 5.74) is 2.11. The average molecular weight is 421 g/mol. The van der Waals surface area contributed by atoms with Crippen LogP contribution in [0, 0.1) is 5.82 Å². The van der Waals surface area contributed by atoms with Crippen molar-refractivity contribution in [2.24, 2.45) is 0 Å². The Morgan fingerprint density at radius 2 is 1.69 bits per heavy atom. The van der Waals surface area contributed by atoms with Crippen molar-refractivity contribution < 1.29 is 27.1 Å². The summed E-state index contributed by atoms with van der Waals surface area (Å²) < 4.78 is 42.0. The van der Waals surface area contributed by atoms with E-state index in [9.17, 15) is 22.4 Å². The van der Waals surface area contributed by atoms with Crippen LogP contribution in [0.15, 0.2) is 53.4 Å². The number of amides is 1. The SMILES string of the molecule is CCc1ccc([C@H](C)NC(=O)COC(=O)CCS(=O)(=O)c2ccc(F)cc2)cc1. The summed E-state index contributed by atoms with van der Waals surface area (Å²) in [4.78, 5) is 23.7. The lowest BCUT2D eigenvalue weighted by molar-refractivity contribution is -0.148. The van der Waals surface area contributed by atoms with Crippen molar-refractivity contribution in [3.63, 3.8) is 0 Å². The van der Waals surface area contributed by atoms with E-state index in [0.717, 1.165) is 36.2 Å². The van der Waals surface area contributed by atoms with Gasteiger partial charge in [-0.2, -0.15) is 0 Å². The molecule has 0 fully saturated rings. The molecule has 0 bridgehead atoms. The zero-order valence-corrected chi connectivity index (χ0v) is 17.2. The molecule has 156 valence electrons. The Bertz CT molecular complexity index is 940. The van der Waals surface area contributed by atoms with Gasteiger partial charge in [0.15, 0.2) is 16.4 Å². The molecule has 0 heterocycles. The first-order valence-electron chi connectivity index (χ1n) is 9.23. The lowest BCUT2D eigenvalue weighted by Crippen LogP contribution is -2.31. The van der Waals surface area contributed by atoms with E-state index in [2.05, 4.69) is 12.2 Å². The number of halogens is 1. The third-order valence-corrected chi connectivity index (χ3v) is 6.11. The molecule has 0 spiro atoms. The second-order valence-corrected chi connectivity index (χ2v) is 8.68. The van der Waals surface area contributed by atoms with Crippen LogP contribution in [0.4, 0.5) is 4.39 Å². The molecule has 0 aliphatic rings. The van der Waals surface area contributed by atoms with E-state index in [1.807, 2.05) is 31.2 Å². The van der Waals surface area contributed by atoms with Gasteiger partial charge in [0, 0.05) is 0 Å². The molecule has 6 nitrogen and oxygen atoms in total. The third kappa shape index (κ3) is 6.98. The second kappa shape index (κ2) is 10.2. The first kappa shape index (κ1) is 22.5. The monoisotopic (exact) mass is 421 g/mol. The number of benzene rings is 2. The Morgan fingerprint density at radius 3 is 2.28 bits per heavy atom. The molecular formula is C21H24FNO5S. The number of esters is 1. The molecule has 0 radical (unpaired) electrons. The summed E-state index contributed by atoms with van der Waals surface area (Å²) in [6.45, 7) is 3.38. The maximum atomic E-state index is 12.9. The topological polar surface area (TPSA) is 89.5 Å². The van der Waals surface area contributed by atoms with Crippen LogP contribution < -0.4 is 5.32 Å². The number of ether oxygens (including phenoxy) is 1. The molecule has 8 heteroatoms. The Morgan fingerprint density at radius 1 is 1.07 bits per heavy atom. The first-order valence-corrected chi connectivity index (χ1v) is 10.9. The zero-order chi connectivity index (χ0) is 21.4. The highest BCUT2D eigenvalue weighted by atomic mass is 32.2. The van der Waals surface area contributed by atoms with Gasteiger partial charge in [-0.1, -0.05) is 31.2 Å². The van der Waals surface area contributed by atoms with Gasteiger partial charge in [-0.25, -0.2) is 12.8 Å². The lowest BCUT2D eigenvalue weighted by Gasteiger charge is -2.15. The maximum Gasteiger partial charge on any atom is 0.307 e. The highest BCUT2D eigenvalue weighted by Gasteiger charge is 2.18. The largest absolute Gasteiger partial charge is 0.456 e. The Balaban J connectivity index is 1.77. The highest BCUT2D eigenvalue weighted by molar-refractivity contribution is 7.91. The minimum absolute atomic E-state index is 0.0765. The van der Waals surface area contributed by atoms with Gasteiger partial charge >= 0.3 is 5.97 Å². The predicted octanol–water partition coefficient (Wildman–Crippen LogP) is 2.97. The molecule has 0 saturated carbocycles. The summed E-state index contributed by atoms with van der Waals surface area (Å²) in [5, 5.41) is 2.72. The van der Waals surface area contributed by atoms with E-state index in [0.29, 0.717) is 0 Å². The average Bonchev–Trinajstić information content (AvgIpc) is 2.71. The van der Waals surface area contributed by atoms with Gasteiger partial charge in [-0.05, 0) is 48.7 Å². The van der Waals surface area contributed by atoms with E-state index in [1.165, 1.54) is 5.56 Å². The minimum atomic E-state index is -3.74. The third-order valence-electron chi connectivity index (χ3n) is 4.38. The molecule has 0 unspecified atom stereocenters. The summed E-state index contributed by atoms with van der Waals surface area (Å²) in [6.07, 6.45) is 0.523. The molecule has 1 amide bonds. The Kier molecular flexibility index (Phi) is 7.90. The van der Waals surface area contributed by atoms with Gasteiger partial charge in [0.25, 0.3) is 5.91 Å². The smallest absolute Gasteiger partial charge is 0.307 e. The van der Waals surface area contributed by atoms with Crippen LogP contribution in [0.3, 0.4) is 0 Å². The van der Waals surface area contributed by atoms with Crippen LogP contribution >= 0.6 is 0 Å². The number of sulfone groups is 1. The van der Waals surface area contributed by atoms with Gasteiger partial charge in [0.1, 0.15) is 5.82 Å². The number of aryl methyl sites for hydroxylation is 1. The van der Waals surface area contributed by atoms with E-state index in [-0.39, 0.29) is 10.9 Å². The van der Waals surface area contributed by atoms with Crippen molar-refractivity contribution in [3.8, 4) is 0 Å². The van der Waals surface area contributed by atoms with Crippen LogP contribution in [-0.2, 0) is 30.6 Å². The van der Waals surface area contributed by atoms with Gasteiger partial charge in [-0.15, -0.1) is 0 Å². The molecule has 0 aromatic heterocycles. The molecule has 2 aromatic carbocycles. The van der Waals surface area contributed by atoms with Crippen LogP contribution in [0.2, 0.25) is 0 Å². The van der Waals surface area contributed by atoms with Crippen molar-refractivity contribution in [2.45, 2.75) is 37.6 Å². The molecule has 0 aliphatic carbocycles. The number of hydrogen-bond acceptors (Lipinski definition) is 5. The minimum Gasteiger partial charge on any atom is -0.456 e. The number of rotatable bonds is 9. The first-order chi connectivity index (χ1) is 13.7. The van der Waals surface area contributed by atoms with Gasteiger partial charge in [0.05, 0.1) is 23.1 Å².